The molecular weight excluding hydrogens is 306 g/mol. The fourth-order valence-electron chi connectivity index (χ4n) is 1.56. The van der Waals surface area contributed by atoms with Crippen molar-refractivity contribution in [3.8, 4) is 5.69 Å². The number of nitrogens with two attached hydrogens (primary N) is 1. The molecule has 2 rings (SSSR count). The molecule has 18 heavy (non-hydrogen) atoms. The van der Waals surface area contributed by atoms with Crippen LogP contribution in [0.1, 0.15) is 12.1 Å². The molecule has 1 heterocycles. The summed E-state index contributed by atoms with van der Waals surface area (Å²) < 4.78 is 28.2. The Morgan fingerprint density at radius 3 is 2.78 bits per heavy atom. The van der Waals surface area contributed by atoms with Crippen molar-refractivity contribution in [2.24, 2.45) is 5.73 Å². The maximum Gasteiger partial charge on any atom is 0.152 e. The minimum Gasteiger partial charge on any atom is -0.330 e. The third-order valence-electron chi connectivity index (χ3n) is 2.39. The Balaban J connectivity index is 2.34. The molecule has 2 N–H and O–H groups in total. The zero-order valence-electron chi connectivity index (χ0n) is 9.41. The van der Waals surface area contributed by atoms with Crippen molar-refractivity contribution in [3.63, 3.8) is 0 Å². The van der Waals surface area contributed by atoms with Crippen LogP contribution < -0.4 is 5.73 Å². The number of aryl methyl sites for hydroxylation is 1. The first-order valence-electron chi connectivity index (χ1n) is 5.38. The van der Waals surface area contributed by atoms with Gasteiger partial charge in [-0.15, -0.1) is 5.10 Å². The van der Waals surface area contributed by atoms with Crippen molar-refractivity contribution in [2.75, 3.05) is 6.54 Å². The molecule has 0 spiro atoms. The van der Waals surface area contributed by atoms with E-state index in [0.717, 1.165) is 18.2 Å². The summed E-state index contributed by atoms with van der Waals surface area (Å²) in [5.41, 5.74) is 6.26. The van der Waals surface area contributed by atoms with Crippen molar-refractivity contribution in [3.05, 3.63) is 40.1 Å². The molecule has 0 fully saturated rings. The molecule has 1 aromatic heterocycles. The van der Waals surface area contributed by atoms with Gasteiger partial charge in [0.15, 0.2) is 5.82 Å². The van der Waals surface area contributed by atoms with Crippen molar-refractivity contribution in [2.45, 2.75) is 12.8 Å². The minimum atomic E-state index is -0.697. The number of benzene rings is 1. The second kappa shape index (κ2) is 5.53. The fourth-order valence-corrected chi connectivity index (χ4v) is 2.15. The molecule has 0 saturated heterocycles. The number of nitrogens with zero attached hydrogens (tertiary/aromatic N) is 3. The van der Waals surface area contributed by atoms with Crippen molar-refractivity contribution < 1.29 is 8.78 Å². The Morgan fingerprint density at radius 2 is 2.11 bits per heavy atom. The summed E-state index contributed by atoms with van der Waals surface area (Å²) in [5, 5.41) is 7.73. The van der Waals surface area contributed by atoms with Crippen LogP contribution in [0.15, 0.2) is 22.8 Å². The molecular formula is C11H11BrF2N4. The summed E-state index contributed by atoms with van der Waals surface area (Å²) >= 11 is 3.11. The fraction of sp³-hybridized carbons (Fsp3) is 0.273. The average Bonchev–Trinajstić information content (AvgIpc) is 2.73. The number of aromatic nitrogens is 3. The Labute approximate surface area is 111 Å². The Morgan fingerprint density at radius 1 is 1.33 bits per heavy atom. The highest BCUT2D eigenvalue weighted by Gasteiger charge is 2.13. The van der Waals surface area contributed by atoms with E-state index in [2.05, 4.69) is 26.2 Å². The van der Waals surface area contributed by atoms with Gasteiger partial charge in [-0.1, -0.05) is 5.21 Å². The normalized spacial score (nSPS) is 10.9. The lowest BCUT2D eigenvalue weighted by Gasteiger charge is -2.05. The second-order valence-corrected chi connectivity index (χ2v) is 4.62. The van der Waals surface area contributed by atoms with E-state index in [1.807, 2.05) is 0 Å². The lowest BCUT2D eigenvalue weighted by molar-refractivity contribution is 0.570. The van der Waals surface area contributed by atoms with Crippen LogP contribution in [0, 0.1) is 11.6 Å². The van der Waals surface area contributed by atoms with E-state index < -0.39 is 11.6 Å². The predicted octanol–water partition coefficient (Wildman–Crippen LogP) is 2.20. The highest BCUT2D eigenvalue weighted by Crippen LogP contribution is 2.24. The molecule has 0 aliphatic carbocycles. The van der Waals surface area contributed by atoms with Crippen LogP contribution in [-0.2, 0) is 6.42 Å². The Bertz CT molecular complexity index is 533. The van der Waals surface area contributed by atoms with E-state index >= 15 is 0 Å². The second-order valence-electron chi connectivity index (χ2n) is 3.76. The van der Waals surface area contributed by atoms with Crippen LogP contribution in [-0.4, -0.2) is 21.5 Å². The van der Waals surface area contributed by atoms with Gasteiger partial charge in [-0.2, -0.15) is 0 Å². The summed E-state index contributed by atoms with van der Waals surface area (Å²) in [7, 11) is 0. The predicted molar refractivity (Wildman–Crippen MR) is 66.4 cm³/mol. The van der Waals surface area contributed by atoms with Crippen LogP contribution in [0.3, 0.4) is 0 Å². The van der Waals surface area contributed by atoms with Gasteiger partial charge in [-0.05, 0) is 41.4 Å². The third kappa shape index (κ3) is 2.73. The molecule has 2 aromatic rings. The van der Waals surface area contributed by atoms with Gasteiger partial charge in [0.25, 0.3) is 0 Å². The van der Waals surface area contributed by atoms with E-state index in [1.165, 1.54) is 10.7 Å². The van der Waals surface area contributed by atoms with Gasteiger partial charge in [0, 0.05) is 10.5 Å². The van der Waals surface area contributed by atoms with Gasteiger partial charge in [0.2, 0.25) is 0 Å². The van der Waals surface area contributed by atoms with Gasteiger partial charge in [0.05, 0.1) is 11.9 Å². The first-order chi connectivity index (χ1) is 8.61. The molecule has 0 amide bonds. The monoisotopic (exact) mass is 316 g/mol. The van der Waals surface area contributed by atoms with Crippen LogP contribution in [0.4, 0.5) is 8.78 Å². The summed E-state index contributed by atoms with van der Waals surface area (Å²) in [6, 6.07) is 1.99. The van der Waals surface area contributed by atoms with Gasteiger partial charge in [-0.25, -0.2) is 13.5 Å². The Hall–Kier alpha value is -1.34. The number of hydrogen-bond donors (Lipinski definition) is 1. The van der Waals surface area contributed by atoms with E-state index in [0.29, 0.717) is 13.0 Å². The minimum absolute atomic E-state index is 0.142. The van der Waals surface area contributed by atoms with Gasteiger partial charge >= 0.3 is 0 Å². The van der Waals surface area contributed by atoms with Gasteiger partial charge in [0.1, 0.15) is 11.5 Å². The van der Waals surface area contributed by atoms with Crippen LogP contribution in [0.2, 0.25) is 0 Å². The summed E-state index contributed by atoms with van der Waals surface area (Å²) in [5.74, 6) is -1.34. The van der Waals surface area contributed by atoms with Crippen LogP contribution in [0.25, 0.3) is 5.69 Å². The topological polar surface area (TPSA) is 56.7 Å². The van der Waals surface area contributed by atoms with Crippen LogP contribution >= 0.6 is 15.9 Å². The van der Waals surface area contributed by atoms with Crippen molar-refractivity contribution in [1.82, 2.24) is 15.0 Å². The zero-order chi connectivity index (χ0) is 13.1. The summed E-state index contributed by atoms with van der Waals surface area (Å²) in [6.45, 7) is 0.557. The molecule has 0 saturated carbocycles. The molecule has 96 valence electrons. The van der Waals surface area contributed by atoms with Crippen molar-refractivity contribution in [1.29, 1.82) is 0 Å². The van der Waals surface area contributed by atoms with E-state index in [9.17, 15) is 8.78 Å². The highest BCUT2D eigenvalue weighted by atomic mass is 79.9. The number of hydrogen-bond acceptors (Lipinski definition) is 3. The molecule has 0 aliphatic heterocycles. The first kappa shape index (κ1) is 13.1. The molecule has 4 nitrogen and oxygen atoms in total. The van der Waals surface area contributed by atoms with Crippen molar-refractivity contribution >= 4 is 15.9 Å². The number of rotatable bonds is 4. The van der Waals surface area contributed by atoms with Crippen LogP contribution in [0.5, 0.6) is 0 Å². The number of halogens is 3. The van der Waals surface area contributed by atoms with Gasteiger partial charge in [-0.3, -0.25) is 0 Å². The molecule has 1 aromatic carbocycles. The molecule has 0 radical (unpaired) electrons. The lowest BCUT2D eigenvalue weighted by Crippen LogP contribution is -2.01. The largest absolute Gasteiger partial charge is 0.330 e. The first-order valence-corrected chi connectivity index (χ1v) is 6.17. The Kier molecular flexibility index (Phi) is 4.03. The molecule has 0 aliphatic rings. The van der Waals surface area contributed by atoms with E-state index in [1.54, 1.807) is 6.20 Å². The maximum atomic E-state index is 13.7. The summed E-state index contributed by atoms with van der Waals surface area (Å²) in [6.07, 6.45) is 3.07. The zero-order valence-corrected chi connectivity index (χ0v) is 11.0. The average molecular weight is 317 g/mol. The quantitative estimate of drug-likeness (QED) is 0.940. The maximum absolute atomic E-state index is 13.7. The van der Waals surface area contributed by atoms with E-state index in [4.69, 9.17) is 5.73 Å². The lowest BCUT2D eigenvalue weighted by atomic mass is 10.2. The molecule has 0 bridgehead atoms. The smallest absolute Gasteiger partial charge is 0.152 e. The third-order valence-corrected chi connectivity index (χ3v) is 2.99. The molecule has 0 unspecified atom stereocenters. The molecule has 0 atom stereocenters. The summed E-state index contributed by atoms with van der Waals surface area (Å²) in [4.78, 5) is 0. The van der Waals surface area contributed by atoms with Gasteiger partial charge < -0.3 is 5.73 Å². The standard InChI is InChI=1S/C11H11BrF2N4/c12-9-4-7(13)5-10(14)11(9)18-6-8(16-17-18)2-1-3-15/h4-6H,1-3,15H2. The van der Waals surface area contributed by atoms with E-state index in [-0.39, 0.29) is 10.2 Å². The SMILES string of the molecule is NCCCc1cn(-c2c(F)cc(F)cc2Br)nn1. The molecule has 7 heteroatoms. The highest BCUT2D eigenvalue weighted by molar-refractivity contribution is 9.10.